The van der Waals surface area contributed by atoms with Crippen LogP contribution in [0.4, 0.5) is 15.8 Å². The standard InChI is InChI=1S/C21H22ClFN4S/c1-12-5-6-13(2)19(9-12)24-21(28)25-20-14(3)26-27(15(20)4)11-16-7-8-17(23)10-18(16)22/h5-10H,11H2,1-4H3,(H2,24,25,28). The summed E-state index contributed by atoms with van der Waals surface area (Å²) in [7, 11) is 0. The molecule has 0 aliphatic rings. The average Bonchev–Trinajstić information content (AvgIpc) is 2.88. The van der Waals surface area contributed by atoms with E-state index in [4.69, 9.17) is 23.8 Å². The first-order valence-corrected chi connectivity index (χ1v) is 9.66. The monoisotopic (exact) mass is 416 g/mol. The summed E-state index contributed by atoms with van der Waals surface area (Å²) >= 11 is 11.6. The molecule has 4 nitrogen and oxygen atoms in total. The topological polar surface area (TPSA) is 41.9 Å². The maximum Gasteiger partial charge on any atom is 0.175 e. The van der Waals surface area contributed by atoms with Gasteiger partial charge in [0.1, 0.15) is 5.82 Å². The molecule has 0 atom stereocenters. The number of aryl methyl sites for hydroxylation is 3. The third-order valence-corrected chi connectivity index (χ3v) is 5.15. The lowest BCUT2D eigenvalue weighted by Gasteiger charge is -2.14. The minimum Gasteiger partial charge on any atom is -0.332 e. The van der Waals surface area contributed by atoms with Gasteiger partial charge < -0.3 is 10.6 Å². The summed E-state index contributed by atoms with van der Waals surface area (Å²) in [4.78, 5) is 0. The van der Waals surface area contributed by atoms with Crippen molar-refractivity contribution in [2.45, 2.75) is 34.2 Å². The number of anilines is 2. The van der Waals surface area contributed by atoms with Crippen LogP contribution in [0.5, 0.6) is 0 Å². The van der Waals surface area contributed by atoms with Crippen molar-refractivity contribution in [1.82, 2.24) is 9.78 Å². The highest BCUT2D eigenvalue weighted by atomic mass is 35.5. The van der Waals surface area contributed by atoms with Crippen molar-refractivity contribution in [2.24, 2.45) is 0 Å². The van der Waals surface area contributed by atoms with Crippen molar-refractivity contribution in [2.75, 3.05) is 10.6 Å². The molecule has 3 rings (SSSR count). The van der Waals surface area contributed by atoms with Gasteiger partial charge in [-0.3, -0.25) is 4.68 Å². The summed E-state index contributed by atoms with van der Waals surface area (Å²) < 4.78 is 15.1. The van der Waals surface area contributed by atoms with E-state index in [1.165, 1.54) is 12.1 Å². The zero-order valence-corrected chi connectivity index (χ0v) is 17.8. The zero-order valence-electron chi connectivity index (χ0n) is 16.2. The maximum atomic E-state index is 13.3. The summed E-state index contributed by atoms with van der Waals surface area (Å²) in [6.45, 7) is 8.40. The van der Waals surface area contributed by atoms with Gasteiger partial charge in [-0.2, -0.15) is 5.10 Å². The van der Waals surface area contributed by atoms with E-state index in [1.807, 2.05) is 32.4 Å². The van der Waals surface area contributed by atoms with Crippen LogP contribution < -0.4 is 10.6 Å². The van der Waals surface area contributed by atoms with Gasteiger partial charge in [-0.15, -0.1) is 0 Å². The van der Waals surface area contributed by atoms with E-state index in [1.54, 1.807) is 6.07 Å². The molecule has 0 saturated heterocycles. The summed E-state index contributed by atoms with van der Waals surface area (Å²) in [5, 5.41) is 12.0. The molecule has 2 aromatic carbocycles. The van der Waals surface area contributed by atoms with Crippen molar-refractivity contribution in [3.63, 3.8) is 0 Å². The van der Waals surface area contributed by atoms with Crippen LogP contribution in [0.1, 0.15) is 28.1 Å². The lowest BCUT2D eigenvalue weighted by atomic mass is 10.1. The van der Waals surface area contributed by atoms with E-state index in [0.29, 0.717) is 16.7 Å². The fraction of sp³-hybridized carbons (Fsp3) is 0.238. The Morgan fingerprint density at radius 3 is 2.57 bits per heavy atom. The number of hydrogen-bond donors (Lipinski definition) is 2. The number of aromatic nitrogens is 2. The Morgan fingerprint density at radius 1 is 1.11 bits per heavy atom. The van der Waals surface area contributed by atoms with Crippen LogP contribution in [0.2, 0.25) is 5.02 Å². The second-order valence-corrected chi connectivity index (χ2v) is 7.65. The Bertz CT molecular complexity index is 1050. The van der Waals surface area contributed by atoms with E-state index in [-0.39, 0.29) is 5.82 Å². The molecule has 0 radical (unpaired) electrons. The molecule has 3 aromatic rings. The summed E-state index contributed by atoms with van der Waals surface area (Å²) in [5.74, 6) is -0.354. The largest absolute Gasteiger partial charge is 0.332 e. The molecule has 0 bridgehead atoms. The minimum absolute atomic E-state index is 0.354. The molecule has 0 spiro atoms. The maximum absolute atomic E-state index is 13.3. The number of nitrogens with one attached hydrogen (secondary N) is 2. The molecule has 28 heavy (non-hydrogen) atoms. The van der Waals surface area contributed by atoms with Gasteiger partial charge in [0, 0.05) is 10.7 Å². The fourth-order valence-electron chi connectivity index (χ4n) is 2.98. The lowest BCUT2D eigenvalue weighted by Crippen LogP contribution is -2.20. The van der Waals surface area contributed by atoms with Crippen molar-refractivity contribution < 1.29 is 4.39 Å². The van der Waals surface area contributed by atoms with Gasteiger partial charge in [-0.1, -0.05) is 29.8 Å². The van der Waals surface area contributed by atoms with E-state index >= 15 is 0 Å². The highest BCUT2D eigenvalue weighted by Crippen LogP contribution is 2.24. The fourth-order valence-corrected chi connectivity index (χ4v) is 3.42. The molecule has 0 saturated carbocycles. The summed E-state index contributed by atoms with van der Waals surface area (Å²) in [5.41, 5.74) is 6.64. The Morgan fingerprint density at radius 2 is 1.86 bits per heavy atom. The van der Waals surface area contributed by atoms with Crippen LogP contribution in [0.25, 0.3) is 0 Å². The van der Waals surface area contributed by atoms with Gasteiger partial charge in [0.05, 0.1) is 23.6 Å². The predicted octanol–water partition coefficient (Wildman–Crippen LogP) is 5.77. The highest BCUT2D eigenvalue weighted by molar-refractivity contribution is 7.80. The molecule has 0 unspecified atom stereocenters. The van der Waals surface area contributed by atoms with Crippen LogP contribution in [0.15, 0.2) is 36.4 Å². The van der Waals surface area contributed by atoms with Gasteiger partial charge in [-0.25, -0.2) is 4.39 Å². The quantitative estimate of drug-likeness (QED) is 0.530. The van der Waals surface area contributed by atoms with Crippen molar-refractivity contribution in [3.8, 4) is 0 Å². The molecule has 0 amide bonds. The summed E-state index contributed by atoms with van der Waals surface area (Å²) in [6, 6.07) is 10.6. The second-order valence-electron chi connectivity index (χ2n) is 6.84. The molecular weight excluding hydrogens is 395 g/mol. The van der Waals surface area contributed by atoms with Crippen molar-refractivity contribution >= 4 is 40.3 Å². The Balaban J connectivity index is 1.78. The van der Waals surface area contributed by atoms with Crippen molar-refractivity contribution in [1.29, 1.82) is 0 Å². The van der Waals surface area contributed by atoms with E-state index in [9.17, 15) is 4.39 Å². The molecule has 0 aliphatic heterocycles. The molecule has 2 N–H and O–H groups in total. The van der Waals surface area contributed by atoms with Gasteiger partial charge in [0.2, 0.25) is 0 Å². The highest BCUT2D eigenvalue weighted by Gasteiger charge is 2.14. The van der Waals surface area contributed by atoms with Gasteiger partial charge in [0.25, 0.3) is 0 Å². The van der Waals surface area contributed by atoms with Crippen LogP contribution >= 0.6 is 23.8 Å². The van der Waals surface area contributed by atoms with Crippen LogP contribution in [0, 0.1) is 33.5 Å². The Labute approximate surface area is 174 Å². The first-order chi connectivity index (χ1) is 13.2. The van der Waals surface area contributed by atoms with Crippen LogP contribution in [0.3, 0.4) is 0 Å². The van der Waals surface area contributed by atoms with Crippen LogP contribution in [-0.4, -0.2) is 14.9 Å². The third-order valence-electron chi connectivity index (χ3n) is 4.60. The minimum atomic E-state index is -0.354. The third kappa shape index (κ3) is 4.51. The van der Waals surface area contributed by atoms with E-state index in [2.05, 4.69) is 33.9 Å². The molecule has 0 aliphatic carbocycles. The Hall–Kier alpha value is -2.44. The van der Waals surface area contributed by atoms with Gasteiger partial charge in [-0.05, 0) is 74.8 Å². The predicted molar refractivity (Wildman–Crippen MR) is 118 cm³/mol. The number of rotatable bonds is 4. The van der Waals surface area contributed by atoms with E-state index in [0.717, 1.165) is 39.5 Å². The van der Waals surface area contributed by atoms with Crippen molar-refractivity contribution in [3.05, 3.63) is 75.3 Å². The van der Waals surface area contributed by atoms with Gasteiger partial charge >= 0.3 is 0 Å². The molecule has 146 valence electrons. The first kappa shape index (κ1) is 20.3. The summed E-state index contributed by atoms with van der Waals surface area (Å²) in [6.07, 6.45) is 0. The molecule has 0 fully saturated rings. The zero-order chi connectivity index (χ0) is 20.4. The van der Waals surface area contributed by atoms with E-state index < -0.39 is 0 Å². The number of thiocarbonyl (C=S) groups is 1. The van der Waals surface area contributed by atoms with Gasteiger partial charge in [0.15, 0.2) is 5.11 Å². The molecule has 1 aromatic heterocycles. The number of halogens is 2. The average molecular weight is 417 g/mol. The number of hydrogen-bond acceptors (Lipinski definition) is 2. The molecular formula is C21H22ClFN4S. The number of benzene rings is 2. The molecule has 7 heteroatoms. The Kier molecular flexibility index (Phi) is 6.01. The first-order valence-electron chi connectivity index (χ1n) is 8.88. The second kappa shape index (κ2) is 8.29. The molecule has 1 heterocycles. The smallest absolute Gasteiger partial charge is 0.175 e. The van der Waals surface area contributed by atoms with Crippen LogP contribution in [-0.2, 0) is 6.54 Å². The number of nitrogens with zero attached hydrogens (tertiary/aromatic N) is 2. The SMILES string of the molecule is Cc1ccc(C)c(NC(=S)Nc2c(C)nn(Cc3ccc(F)cc3Cl)c2C)c1. The lowest BCUT2D eigenvalue weighted by molar-refractivity contribution is 0.622. The normalized spacial score (nSPS) is 10.8.